The van der Waals surface area contributed by atoms with E-state index >= 15 is 0 Å². The molecule has 1 amide bonds. The van der Waals surface area contributed by atoms with E-state index in [9.17, 15) is 9.59 Å². The number of nitriles is 1. The van der Waals surface area contributed by atoms with Crippen molar-refractivity contribution in [2.45, 2.75) is 32.7 Å². The van der Waals surface area contributed by atoms with Crippen LogP contribution in [-0.2, 0) is 16.8 Å². The van der Waals surface area contributed by atoms with Crippen LogP contribution < -0.4 is 11.3 Å². The molecule has 1 aromatic heterocycles. The van der Waals surface area contributed by atoms with Gasteiger partial charge in [-0.2, -0.15) is 5.26 Å². The summed E-state index contributed by atoms with van der Waals surface area (Å²) >= 11 is 0. The third-order valence-corrected chi connectivity index (χ3v) is 3.66. The Hall–Kier alpha value is -2.87. The Morgan fingerprint density at radius 2 is 1.78 bits per heavy atom. The molecular weight excluding hydrogens is 290 g/mol. The van der Waals surface area contributed by atoms with Crippen molar-refractivity contribution in [1.29, 1.82) is 5.26 Å². The summed E-state index contributed by atoms with van der Waals surface area (Å²) in [4.78, 5) is 23.6. The van der Waals surface area contributed by atoms with E-state index in [1.165, 1.54) is 16.2 Å². The van der Waals surface area contributed by atoms with Gasteiger partial charge >= 0.3 is 0 Å². The quantitative estimate of drug-likeness (QED) is 0.942. The maximum Gasteiger partial charge on any atom is 0.269 e. The molecule has 0 aliphatic rings. The van der Waals surface area contributed by atoms with Gasteiger partial charge in [-0.05, 0) is 28.7 Å². The summed E-state index contributed by atoms with van der Waals surface area (Å²) < 4.78 is 1.24. The standard InChI is InChI=1S/C18H19N3O2/c1-18(2,3)14-7-4-12(5-8-14)15-9-6-13(10-19)17(23)21(15)11-16(20)22/h4-9H,11H2,1-3H3,(H2,20,22). The number of amides is 1. The second-order valence-corrected chi connectivity index (χ2v) is 6.43. The number of carbonyl (C=O) groups is 1. The fourth-order valence-electron chi connectivity index (χ4n) is 2.37. The molecule has 0 aliphatic carbocycles. The summed E-state index contributed by atoms with van der Waals surface area (Å²) in [6, 6.07) is 12.7. The van der Waals surface area contributed by atoms with E-state index in [0.29, 0.717) is 5.69 Å². The number of benzene rings is 1. The highest BCUT2D eigenvalue weighted by molar-refractivity contribution is 5.75. The van der Waals surface area contributed by atoms with Crippen molar-refractivity contribution < 1.29 is 4.79 Å². The average Bonchev–Trinajstić information content (AvgIpc) is 2.48. The molecule has 0 saturated carbocycles. The van der Waals surface area contributed by atoms with E-state index in [2.05, 4.69) is 20.8 Å². The zero-order valence-electron chi connectivity index (χ0n) is 13.5. The zero-order chi connectivity index (χ0) is 17.2. The van der Waals surface area contributed by atoms with Crippen molar-refractivity contribution in [3.8, 4) is 17.3 Å². The van der Waals surface area contributed by atoms with Crippen LogP contribution in [0.25, 0.3) is 11.3 Å². The first-order chi connectivity index (χ1) is 10.7. The van der Waals surface area contributed by atoms with E-state index in [1.54, 1.807) is 6.07 Å². The predicted molar refractivity (Wildman–Crippen MR) is 88.7 cm³/mol. The Bertz CT molecular complexity index is 835. The Morgan fingerprint density at radius 3 is 2.26 bits per heavy atom. The van der Waals surface area contributed by atoms with Crippen LogP contribution in [0, 0.1) is 11.3 Å². The molecule has 0 fully saturated rings. The lowest BCUT2D eigenvalue weighted by Crippen LogP contribution is -2.30. The number of nitrogens with zero attached hydrogens (tertiary/aromatic N) is 2. The number of nitrogens with two attached hydrogens (primary N) is 1. The minimum absolute atomic E-state index is 0.0127. The third kappa shape index (κ3) is 3.49. The molecule has 23 heavy (non-hydrogen) atoms. The molecular formula is C18H19N3O2. The maximum absolute atomic E-state index is 12.3. The van der Waals surface area contributed by atoms with Crippen molar-refractivity contribution in [3.05, 3.63) is 57.9 Å². The normalized spacial score (nSPS) is 11.0. The topological polar surface area (TPSA) is 88.9 Å². The molecule has 5 nitrogen and oxygen atoms in total. The third-order valence-electron chi connectivity index (χ3n) is 3.66. The van der Waals surface area contributed by atoms with Gasteiger partial charge in [0.2, 0.25) is 5.91 Å². The fourth-order valence-corrected chi connectivity index (χ4v) is 2.37. The number of carbonyl (C=O) groups excluding carboxylic acids is 1. The lowest BCUT2D eigenvalue weighted by Gasteiger charge is -2.19. The lowest BCUT2D eigenvalue weighted by molar-refractivity contribution is -0.118. The second-order valence-electron chi connectivity index (χ2n) is 6.43. The van der Waals surface area contributed by atoms with Gasteiger partial charge < -0.3 is 5.73 Å². The first kappa shape index (κ1) is 16.5. The highest BCUT2D eigenvalue weighted by atomic mass is 16.2. The highest BCUT2D eigenvalue weighted by Crippen LogP contribution is 2.25. The minimum atomic E-state index is -0.630. The molecule has 2 rings (SSSR count). The SMILES string of the molecule is CC(C)(C)c1ccc(-c2ccc(C#N)c(=O)n2CC(N)=O)cc1. The summed E-state index contributed by atoms with van der Waals surface area (Å²) in [5.74, 6) is -0.630. The zero-order valence-corrected chi connectivity index (χ0v) is 13.5. The van der Waals surface area contributed by atoms with Gasteiger partial charge in [0.1, 0.15) is 18.2 Å². The first-order valence-electron chi connectivity index (χ1n) is 7.27. The minimum Gasteiger partial charge on any atom is -0.368 e. The van der Waals surface area contributed by atoms with Crippen molar-refractivity contribution >= 4 is 5.91 Å². The Kier molecular flexibility index (Phi) is 4.37. The van der Waals surface area contributed by atoms with Crippen LogP contribution in [0.1, 0.15) is 31.9 Å². The Morgan fingerprint density at radius 1 is 1.17 bits per heavy atom. The fraction of sp³-hybridized carbons (Fsp3) is 0.278. The number of pyridine rings is 1. The van der Waals surface area contributed by atoms with Crippen LogP contribution in [-0.4, -0.2) is 10.5 Å². The Labute approximate surface area is 135 Å². The van der Waals surface area contributed by atoms with Gasteiger partial charge in [0.25, 0.3) is 5.56 Å². The number of aromatic nitrogens is 1. The van der Waals surface area contributed by atoms with Gasteiger partial charge in [0.05, 0.1) is 5.69 Å². The number of rotatable bonds is 3. The first-order valence-corrected chi connectivity index (χ1v) is 7.27. The van der Waals surface area contributed by atoms with E-state index in [-0.39, 0.29) is 17.5 Å². The van der Waals surface area contributed by atoms with Crippen LogP contribution in [0.5, 0.6) is 0 Å². The van der Waals surface area contributed by atoms with Crippen LogP contribution >= 0.6 is 0 Å². The maximum atomic E-state index is 12.3. The van der Waals surface area contributed by atoms with E-state index < -0.39 is 11.5 Å². The number of hydrogen-bond acceptors (Lipinski definition) is 3. The van der Waals surface area contributed by atoms with Crippen molar-refractivity contribution in [2.24, 2.45) is 5.73 Å². The van der Waals surface area contributed by atoms with Gasteiger partial charge in [-0.3, -0.25) is 14.2 Å². The summed E-state index contributed by atoms with van der Waals surface area (Å²) in [7, 11) is 0. The molecule has 0 unspecified atom stereocenters. The van der Waals surface area contributed by atoms with Crippen LogP contribution in [0.4, 0.5) is 0 Å². The number of primary amides is 1. The van der Waals surface area contributed by atoms with Gasteiger partial charge in [-0.15, -0.1) is 0 Å². The Balaban J connectivity index is 2.59. The smallest absolute Gasteiger partial charge is 0.269 e. The van der Waals surface area contributed by atoms with E-state index in [4.69, 9.17) is 11.0 Å². The lowest BCUT2D eigenvalue weighted by atomic mass is 9.86. The molecule has 1 heterocycles. The highest BCUT2D eigenvalue weighted by Gasteiger charge is 2.15. The van der Waals surface area contributed by atoms with E-state index in [1.807, 2.05) is 30.3 Å². The summed E-state index contributed by atoms with van der Waals surface area (Å²) in [5, 5.41) is 8.98. The molecule has 2 aromatic rings. The molecule has 0 saturated heterocycles. The molecule has 0 spiro atoms. The summed E-state index contributed by atoms with van der Waals surface area (Å²) in [6.07, 6.45) is 0. The van der Waals surface area contributed by atoms with Gasteiger partial charge in [0, 0.05) is 0 Å². The number of hydrogen-bond donors (Lipinski definition) is 1. The van der Waals surface area contributed by atoms with Crippen LogP contribution in [0.2, 0.25) is 0 Å². The second kappa shape index (κ2) is 6.09. The summed E-state index contributed by atoms with van der Waals surface area (Å²) in [6.45, 7) is 6.09. The molecule has 0 radical (unpaired) electrons. The van der Waals surface area contributed by atoms with Gasteiger partial charge in [-0.1, -0.05) is 45.0 Å². The predicted octanol–water partition coefficient (Wildman–Crippen LogP) is 2.17. The summed E-state index contributed by atoms with van der Waals surface area (Å²) in [5.41, 5.74) is 7.25. The molecule has 1 aromatic carbocycles. The van der Waals surface area contributed by atoms with Gasteiger partial charge in [-0.25, -0.2) is 0 Å². The largest absolute Gasteiger partial charge is 0.368 e. The molecule has 0 atom stereocenters. The monoisotopic (exact) mass is 309 g/mol. The van der Waals surface area contributed by atoms with Crippen molar-refractivity contribution in [3.63, 3.8) is 0 Å². The molecule has 118 valence electrons. The molecule has 0 bridgehead atoms. The van der Waals surface area contributed by atoms with E-state index in [0.717, 1.165) is 5.56 Å². The van der Waals surface area contributed by atoms with Gasteiger partial charge in [0.15, 0.2) is 0 Å². The molecule has 5 heteroatoms. The van der Waals surface area contributed by atoms with Crippen molar-refractivity contribution in [2.75, 3.05) is 0 Å². The van der Waals surface area contributed by atoms with Crippen LogP contribution in [0.15, 0.2) is 41.2 Å². The molecule has 2 N–H and O–H groups in total. The average molecular weight is 309 g/mol. The van der Waals surface area contributed by atoms with Crippen LogP contribution in [0.3, 0.4) is 0 Å². The molecule has 0 aliphatic heterocycles. The van der Waals surface area contributed by atoms with Crippen molar-refractivity contribution in [1.82, 2.24) is 4.57 Å².